The van der Waals surface area contributed by atoms with Gasteiger partial charge in [0.15, 0.2) is 0 Å². The summed E-state index contributed by atoms with van der Waals surface area (Å²) in [5.41, 5.74) is 1.26. The lowest BCUT2D eigenvalue weighted by atomic mass is 9.92. The molecule has 1 aromatic heterocycles. The highest BCUT2D eigenvalue weighted by molar-refractivity contribution is 7.11. The summed E-state index contributed by atoms with van der Waals surface area (Å²) in [4.78, 5) is 5.83. The van der Waals surface area contributed by atoms with Crippen molar-refractivity contribution < 1.29 is 4.74 Å². The second-order valence-corrected chi connectivity index (χ2v) is 6.46. The fourth-order valence-corrected chi connectivity index (χ4v) is 3.41. The second kappa shape index (κ2) is 5.94. The minimum Gasteiger partial charge on any atom is -0.493 e. The van der Waals surface area contributed by atoms with Gasteiger partial charge in [0.25, 0.3) is 0 Å². The Balaban J connectivity index is 1.73. The van der Waals surface area contributed by atoms with Gasteiger partial charge in [-0.1, -0.05) is 32.0 Å². The third kappa shape index (κ3) is 2.72. The number of fused-ring (bicyclic) bond motifs is 1. The van der Waals surface area contributed by atoms with Crippen molar-refractivity contribution >= 4 is 11.3 Å². The SMILES string of the molecule is CCc1cnc(CNC2c3ccccc3OCC2C)s1. The van der Waals surface area contributed by atoms with Gasteiger partial charge in [-0.2, -0.15) is 0 Å². The number of aryl methyl sites for hydroxylation is 1. The molecule has 20 heavy (non-hydrogen) atoms. The van der Waals surface area contributed by atoms with Crippen LogP contribution in [0.25, 0.3) is 0 Å². The van der Waals surface area contributed by atoms with E-state index in [0.29, 0.717) is 12.0 Å². The molecule has 2 unspecified atom stereocenters. The number of nitrogens with zero attached hydrogens (tertiary/aromatic N) is 1. The molecule has 2 aromatic rings. The summed E-state index contributed by atoms with van der Waals surface area (Å²) in [6.07, 6.45) is 3.05. The van der Waals surface area contributed by atoms with Crippen LogP contribution in [-0.4, -0.2) is 11.6 Å². The standard InChI is InChI=1S/C16H20N2OS/c1-3-12-8-17-15(20-12)9-18-16-11(2)10-19-14-7-5-4-6-13(14)16/h4-8,11,16,18H,3,9-10H2,1-2H3. The first-order valence-electron chi connectivity index (χ1n) is 7.16. The van der Waals surface area contributed by atoms with E-state index in [4.69, 9.17) is 4.74 Å². The maximum Gasteiger partial charge on any atom is 0.124 e. The lowest BCUT2D eigenvalue weighted by Crippen LogP contribution is -2.33. The van der Waals surface area contributed by atoms with Crippen LogP contribution >= 0.6 is 11.3 Å². The molecule has 0 spiro atoms. The van der Waals surface area contributed by atoms with E-state index in [1.807, 2.05) is 12.3 Å². The van der Waals surface area contributed by atoms with Gasteiger partial charge in [-0.15, -0.1) is 11.3 Å². The highest BCUT2D eigenvalue weighted by Crippen LogP contribution is 2.35. The molecule has 3 nitrogen and oxygen atoms in total. The molecule has 2 atom stereocenters. The second-order valence-electron chi connectivity index (χ2n) is 5.26. The van der Waals surface area contributed by atoms with E-state index in [9.17, 15) is 0 Å². The molecule has 0 radical (unpaired) electrons. The van der Waals surface area contributed by atoms with Gasteiger partial charge in [0.05, 0.1) is 6.61 Å². The molecule has 3 rings (SSSR count). The molecule has 106 valence electrons. The zero-order valence-corrected chi connectivity index (χ0v) is 12.7. The fourth-order valence-electron chi connectivity index (χ4n) is 2.59. The summed E-state index contributed by atoms with van der Waals surface area (Å²) < 4.78 is 5.79. The molecule has 2 heterocycles. The van der Waals surface area contributed by atoms with Crippen molar-refractivity contribution in [3.63, 3.8) is 0 Å². The molecule has 0 saturated carbocycles. The Bertz CT molecular complexity index is 581. The molecule has 1 aromatic carbocycles. The normalized spacial score (nSPS) is 21.3. The zero-order valence-electron chi connectivity index (χ0n) is 11.9. The van der Waals surface area contributed by atoms with Gasteiger partial charge in [0, 0.05) is 35.1 Å². The van der Waals surface area contributed by atoms with Crippen molar-refractivity contribution in [3.05, 3.63) is 45.9 Å². The molecule has 0 bridgehead atoms. The van der Waals surface area contributed by atoms with Crippen LogP contribution in [0.4, 0.5) is 0 Å². The summed E-state index contributed by atoms with van der Waals surface area (Å²) in [6.45, 7) is 6.00. The quantitative estimate of drug-likeness (QED) is 0.934. The van der Waals surface area contributed by atoms with Crippen LogP contribution in [0.15, 0.2) is 30.5 Å². The number of rotatable bonds is 4. The van der Waals surface area contributed by atoms with Crippen molar-refractivity contribution in [3.8, 4) is 5.75 Å². The smallest absolute Gasteiger partial charge is 0.124 e. The van der Waals surface area contributed by atoms with Gasteiger partial charge in [-0.05, 0) is 12.5 Å². The minimum atomic E-state index is 0.342. The highest BCUT2D eigenvalue weighted by Gasteiger charge is 2.27. The Labute approximate surface area is 124 Å². The van der Waals surface area contributed by atoms with Gasteiger partial charge in [-0.3, -0.25) is 0 Å². The average molecular weight is 288 g/mol. The number of benzene rings is 1. The van der Waals surface area contributed by atoms with Crippen LogP contribution in [0.2, 0.25) is 0 Å². The van der Waals surface area contributed by atoms with Gasteiger partial charge < -0.3 is 10.1 Å². The maximum absolute atomic E-state index is 5.79. The third-order valence-electron chi connectivity index (χ3n) is 3.75. The zero-order chi connectivity index (χ0) is 13.9. The van der Waals surface area contributed by atoms with Crippen LogP contribution in [0.3, 0.4) is 0 Å². The first-order valence-corrected chi connectivity index (χ1v) is 7.98. The molecule has 4 heteroatoms. The summed E-state index contributed by atoms with van der Waals surface area (Å²) in [7, 11) is 0. The van der Waals surface area contributed by atoms with Crippen molar-refractivity contribution in [2.75, 3.05) is 6.61 Å². The van der Waals surface area contributed by atoms with Crippen molar-refractivity contribution in [2.45, 2.75) is 32.9 Å². The third-order valence-corrected chi connectivity index (χ3v) is 4.89. The van der Waals surface area contributed by atoms with E-state index < -0.39 is 0 Å². The Kier molecular flexibility index (Phi) is 4.03. The number of thiazole rings is 1. The summed E-state index contributed by atoms with van der Waals surface area (Å²) in [5.74, 6) is 1.48. The van der Waals surface area contributed by atoms with Gasteiger partial charge in [-0.25, -0.2) is 4.98 Å². The number of hydrogen-bond donors (Lipinski definition) is 1. The van der Waals surface area contributed by atoms with E-state index in [-0.39, 0.29) is 0 Å². The molecular formula is C16H20N2OS. The molecule has 0 aliphatic carbocycles. The van der Waals surface area contributed by atoms with E-state index in [2.05, 4.69) is 42.3 Å². The predicted octanol–water partition coefficient (Wildman–Crippen LogP) is 3.56. The number of ether oxygens (including phenoxy) is 1. The van der Waals surface area contributed by atoms with Crippen molar-refractivity contribution in [1.29, 1.82) is 0 Å². The molecule has 1 aliphatic heterocycles. The predicted molar refractivity (Wildman–Crippen MR) is 82.2 cm³/mol. The van der Waals surface area contributed by atoms with Crippen LogP contribution < -0.4 is 10.1 Å². The highest BCUT2D eigenvalue weighted by atomic mass is 32.1. The van der Waals surface area contributed by atoms with Crippen LogP contribution in [0, 0.1) is 5.92 Å². The minimum absolute atomic E-state index is 0.342. The van der Waals surface area contributed by atoms with E-state index in [0.717, 1.165) is 30.3 Å². The number of para-hydroxylation sites is 1. The van der Waals surface area contributed by atoms with Gasteiger partial charge >= 0.3 is 0 Å². The Hall–Kier alpha value is -1.39. The Morgan fingerprint density at radius 2 is 2.25 bits per heavy atom. The average Bonchev–Trinajstić information content (AvgIpc) is 2.94. The number of aromatic nitrogens is 1. The molecule has 0 saturated heterocycles. The monoisotopic (exact) mass is 288 g/mol. The molecular weight excluding hydrogens is 268 g/mol. The van der Waals surface area contributed by atoms with E-state index in [1.165, 1.54) is 10.4 Å². The van der Waals surface area contributed by atoms with Crippen LogP contribution in [-0.2, 0) is 13.0 Å². The maximum atomic E-state index is 5.79. The first-order chi connectivity index (χ1) is 9.78. The van der Waals surface area contributed by atoms with Crippen LogP contribution in [0.1, 0.15) is 35.3 Å². The summed E-state index contributed by atoms with van der Waals surface area (Å²) in [5, 5.41) is 4.81. The number of nitrogens with one attached hydrogen (secondary N) is 1. The fraction of sp³-hybridized carbons (Fsp3) is 0.438. The molecule has 0 amide bonds. The lowest BCUT2D eigenvalue weighted by Gasteiger charge is -2.32. The topological polar surface area (TPSA) is 34.2 Å². The molecule has 0 fully saturated rings. The van der Waals surface area contributed by atoms with Gasteiger partial charge in [0.1, 0.15) is 10.8 Å². The first kappa shape index (κ1) is 13.6. The van der Waals surface area contributed by atoms with E-state index in [1.54, 1.807) is 11.3 Å². The summed E-state index contributed by atoms with van der Waals surface area (Å²) in [6, 6.07) is 8.65. The summed E-state index contributed by atoms with van der Waals surface area (Å²) >= 11 is 1.80. The van der Waals surface area contributed by atoms with E-state index >= 15 is 0 Å². The number of hydrogen-bond acceptors (Lipinski definition) is 4. The lowest BCUT2D eigenvalue weighted by molar-refractivity contribution is 0.188. The Morgan fingerprint density at radius 1 is 1.40 bits per heavy atom. The van der Waals surface area contributed by atoms with Crippen molar-refractivity contribution in [2.24, 2.45) is 5.92 Å². The Morgan fingerprint density at radius 3 is 3.05 bits per heavy atom. The van der Waals surface area contributed by atoms with Gasteiger partial charge in [0.2, 0.25) is 0 Å². The molecule has 1 aliphatic rings. The van der Waals surface area contributed by atoms with Crippen LogP contribution in [0.5, 0.6) is 5.75 Å². The molecule has 1 N–H and O–H groups in total. The van der Waals surface area contributed by atoms with Crippen molar-refractivity contribution in [1.82, 2.24) is 10.3 Å². The largest absolute Gasteiger partial charge is 0.493 e.